The Kier molecular flexibility index (Phi) is 5.50. The second-order valence-electron chi connectivity index (χ2n) is 6.40. The van der Waals surface area contributed by atoms with Crippen LogP contribution in [-0.4, -0.2) is 45.9 Å². The number of ketones is 1. The Morgan fingerprint density at radius 1 is 1.36 bits per heavy atom. The highest BCUT2D eigenvalue weighted by Gasteiger charge is 2.23. The van der Waals surface area contributed by atoms with E-state index in [-0.39, 0.29) is 23.4 Å². The third-order valence-corrected chi connectivity index (χ3v) is 4.60. The summed E-state index contributed by atoms with van der Waals surface area (Å²) in [5, 5.41) is 10.2. The van der Waals surface area contributed by atoms with Crippen LogP contribution in [0.2, 0.25) is 5.02 Å². The van der Waals surface area contributed by atoms with Crippen LogP contribution in [0.3, 0.4) is 0 Å². The van der Waals surface area contributed by atoms with Gasteiger partial charge in [0.2, 0.25) is 0 Å². The van der Waals surface area contributed by atoms with Gasteiger partial charge >= 0.3 is 0 Å². The average Bonchev–Trinajstić information content (AvgIpc) is 3.08. The molecule has 1 aromatic carbocycles. The molecule has 2 heterocycles. The third-order valence-electron chi connectivity index (χ3n) is 4.34. The first kappa shape index (κ1) is 17.6. The Hall–Kier alpha value is -2.18. The fourth-order valence-electron chi connectivity index (χ4n) is 3.05. The number of nitrogens with one attached hydrogen (secondary N) is 2. The van der Waals surface area contributed by atoms with Gasteiger partial charge in [0.25, 0.3) is 5.91 Å². The van der Waals surface area contributed by atoms with Crippen LogP contribution in [-0.2, 0) is 6.54 Å². The Morgan fingerprint density at radius 3 is 2.80 bits per heavy atom. The molecular formula is C18H21ClN4O2. The maximum atomic E-state index is 12.3. The zero-order chi connectivity index (χ0) is 17.8. The highest BCUT2D eigenvalue weighted by atomic mass is 35.5. The van der Waals surface area contributed by atoms with E-state index in [9.17, 15) is 9.59 Å². The fraction of sp³-hybridized carbons (Fsp3) is 0.389. The monoisotopic (exact) mass is 360 g/mol. The van der Waals surface area contributed by atoms with Crippen molar-refractivity contribution in [1.29, 1.82) is 0 Å². The van der Waals surface area contributed by atoms with Crippen LogP contribution in [0.15, 0.2) is 30.3 Å². The molecule has 1 unspecified atom stereocenters. The fourth-order valence-corrected chi connectivity index (χ4v) is 3.17. The van der Waals surface area contributed by atoms with Gasteiger partial charge in [-0.05, 0) is 43.1 Å². The quantitative estimate of drug-likeness (QED) is 0.803. The average molecular weight is 361 g/mol. The lowest BCUT2D eigenvalue weighted by molar-refractivity contribution is 0.0895. The van der Waals surface area contributed by atoms with E-state index in [1.807, 2.05) is 24.3 Å². The minimum Gasteiger partial charge on any atom is -0.347 e. The molecule has 132 valence electrons. The normalized spacial score (nSPS) is 18.1. The first-order valence-corrected chi connectivity index (χ1v) is 8.73. The van der Waals surface area contributed by atoms with Gasteiger partial charge < -0.3 is 5.32 Å². The first-order valence-electron chi connectivity index (χ1n) is 8.35. The predicted octanol–water partition coefficient (Wildman–Crippen LogP) is 2.66. The topological polar surface area (TPSA) is 78.1 Å². The summed E-state index contributed by atoms with van der Waals surface area (Å²) in [5.74, 6) is -0.388. The van der Waals surface area contributed by atoms with Gasteiger partial charge in [0.15, 0.2) is 5.78 Å². The van der Waals surface area contributed by atoms with E-state index in [1.165, 1.54) is 18.6 Å². The van der Waals surface area contributed by atoms with Crippen LogP contribution in [0.25, 0.3) is 0 Å². The molecule has 2 aromatic rings. The minimum absolute atomic E-state index is 0.0811. The Bertz CT molecular complexity index is 757. The number of carbonyl (C=O) groups excluding carboxylic acids is 2. The van der Waals surface area contributed by atoms with Crippen molar-refractivity contribution in [2.45, 2.75) is 32.4 Å². The predicted molar refractivity (Wildman–Crippen MR) is 95.8 cm³/mol. The van der Waals surface area contributed by atoms with Gasteiger partial charge in [-0.1, -0.05) is 23.7 Å². The summed E-state index contributed by atoms with van der Waals surface area (Å²) in [6.45, 7) is 4.06. The van der Waals surface area contributed by atoms with Gasteiger partial charge in [-0.2, -0.15) is 5.10 Å². The Morgan fingerprint density at radius 2 is 2.12 bits per heavy atom. The van der Waals surface area contributed by atoms with Crippen molar-refractivity contribution >= 4 is 23.3 Å². The standard InChI is InChI=1S/C18H21ClN4O2/c1-12(24)16-9-17(22-21-16)18(25)20-15-3-2-8-23(11-15)10-13-4-6-14(19)7-5-13/h4-7,9,15H,2-3,8,10-11H2,1H3,(H,20,25)(H,21,22). The van der Waals surface area contributed by atoms with Gasteiger partial charge in [-0.25, -0.2) is 0 Å². The molecule has 0 bridgehead atoms. The number of H-pyrrole nitrogens is 1. The molecule has 1 aromatic heterocycles. The highest BCUT2D eigenvalue weighted by molar-refractivity contribution is 6.30. The molecule has 0 spiro atoms. The second-order valence-corrected chi connectivity index (χ2v) is 6.83. The Balaban J connectivity index is 1.56. The van der Waals surface area contributed by atoms with Gasteiger partial charge in [0.05, 0.1) is 0 Å². The van der Waals surface area contributed by atoms with Crippen LogP contribution in [0.1, 0.15) is 46.3 Å². The molecule has 1 aliphatic heterocycles. The van der Waals surface area contributed by atoms with E-state index in [0.717, 1.165) is 37.5 Å². The summed E-state index contributed by atoms with van der Waals surface area (Å²) in [5.41, 5.74) is 1.80. The second kappa shape index (κ2) is 7.80. The molecule has 2 N–H and O–H groups in total. The number of Topliss-reactive ketones (excluding diaryl/α,β-unsaturated/α-hetero) is 1. The molecule has 1 saturated heterocycles. The van der Waals surface area contributed by atoms with Crippen LogP contribution >= 0.6 is 11.6 Å². The third kappa shape index (κ3) is 4.67. The molecule has 25 heavy (non-hydrogen) atoms. The molecule has 6 nitrogen and oxygen atoms in total. The number of hydrogen-bond acceptors (Lipinski definition) is 4. The lowest BCUT2D eigenvalue weighted by Crippen LogP contribution is -2.47. The molecule has 0 saturated carbocycles. The number of hydrogen-bond donors (Lipinski definition) is 2. The van der Waals surface area contributed by atoms with Crippen LogP contribution in [0.4, 0.5) is 0 Å². The summed E-state index contributed by atoms with van der Waals surface area (Å²) in [4.78, 5) is 25.9. The van der Waals surface area contributed by atoms with Gasteiger partial charge in [-0.3, -0.25) is 19.6 Å². The van der Waals surface area contributed by atoms with Crippen molar-refractivity contribution in [3.05, 3.63) is 52.3 Å². The first-order chi connectivity index (χ1) is 12.0. The van der Waals surface area contributed by atoms with E-state index in [2.05, 4.69) is 20.4 Å². The molecule has 0 aliphatic carbocycles. The minimum atomic E-state index is -0.224. The summed E-state index contributed by atoms with van der Waals surface area (Å²) >= 11 is 5.92. The number of benzene rings is 1. The Labute approximate surface area is 151 Å². The SMILES string of the molecule is CC(=O)c1cc(C(=O)NC2CCCN(Cc3ccc(Cl)cc3)C2)[nH]n1. The van der Waals surface area contributed by atoms with Crippen molar-refractivity contribution in [2.24, 2.45) is 0 Å². The van der Waals surface area contributed by atoms with Crippen molar-refractivity contribution in [3.63, 3.8) is 0 Å². The molecule has 1 fully saturated rings. The molecular weight excluding hydrogens is 340 g/mol. The zero-order valence-corrected chi connectivity index (χ0v) is 14.8. The zero-order valence-electron chi connectivity index (χ0n) is 14.1. The number of rotatable bonds is 5. The molecule has 1 atom stereocenters. The number of piperidine rings is 1. The van der Waals surface area contributed by atoms with Crippen LogP contribution < -0.4 is 5.32 Å². The molecule has 7 heteroatoms. The number of aromatic amines is 1. The summed E-state index contributed by atoms with van der Waals surface area (Å²) in [6.07, 6.45) is 1.97. The number of likely N-dealkylation sites (tertiary alicyclic amines) is 1. The van der Waals surface area contributed by atoms with Crippen molar-refractivity contribution in [3.8, 4) is 0 Å². The van der Waals surface area contributed by atoms with E-state index in [4.69, 9.17) is 11.6 Å². The maximum absolute atomic E-state index is 12.3. The lowest BCUT2D eigenvalue weighted by atomic mass is 10.0. The van der Waals surface area contributed by atoms with E-state index in [1.54, 1.807) is 0 Å². The number of halogens is 1. The van der Waals surface area contributed by atoms with Gasteiger partial charge in [-0.15, -0.1) is 0 Å². The summed E-state index contributed by atoms with van der Waals surface area (Å²) in [7, 11) is 0. The van der Waals surface area contributed by atoms with E-state index >= 15 is 0 Å². The number of amides is 1. The maximum Gasteiger partial charge on any atom is 0.269 e. The largest absolute Gasteiger partial charge is 0.347 e. The summed E-state index contributed by atoms with van der Waals surface area (Å²) in [6, 6.07) is 9.41. The van der Waals surface area contributed by atoms with Gasteiger partial charge in [0, 0.05) is 31.1 Å². The van der Waals surface area contributed by atoms with Crippen molar-refractivity contribution < 1.29 is 9.59 Å². The number of carbonyl (C=O) groups is 2. The van der Waals surface area contributed by atoms with E-state index in [0.29, 0.717) is 5.69 Å². The molecule has 0 radical (unpaired) electrons. The van der Waals surface area contributed by atoms with Gasteiger partial charge in [0.1, 0.15) is 11.4 Å². The van der Waals surface area contributed by atoms with Crippen molar-refractivity contribution in [2.75, 3.05) is 13.1 Å². The number of nitrogens with zero attached hydrogens (tertiary/aromatic N) is 2. The lowest BCUT2D eigenvalue weighted by Gasteiger charge is -2.33. The highest BCUT2D eigenvalue weighted by Crippen LogP contribution is 2.16. The van der Waals surface area contributed by atoms with Crippen LogP contribution in [0, 0.1) is 0 Å². The molecule has 3 rings (SSSR count). The molecule has 1 amide bonds. The van der Waals surface area contributed by atoms with Crippen molar-refractivity contribution in [1.82, 2.24) is 20.4 Å². The number of aromatic nitrogens is 2. The van der Waals surface area contributed by atoms with Crippen LogP contribution in [0.5, 0.6) is 0 Å². The molecule has 1 aliphatic rings. The summed E-state index contributed by atoms with van der Waals surface area (Å²) < 4.78 is 0. The smallest absolute Gasteiger partial charge is 0.269 e. The van der Waals surface area contributed by atoms with E-state index < -0.39 is 0 Å².